The van der Waals surface area contributed by atoms with E-state index in [4.69, 9.17) is 11.5 Å². The lowest BCUT2D eigenvalue weighted by Gasteiger charge is -2.35. The molecule has 0 aromatic rings. The van der Waals surface area contributed by atoms with Crippen molar-refractivity contribution in [3.8, 4) is 0 Å². The van der Waals surface area contributed by atoms with Crippen molar-refractivity contribution < 1.29 is 31.4 Å². The highest BCUT2D eigenvalue weighted by Crippen LogP contribution is 2.40. The van der Waals surface area contributed by atoms with Gasteiger partial charge in [-0.25, -0.2) is 0 Å². The van der Waals surface area contributed by atoms with Crippen molar-refractivity contribution in [2.75, 3.05) is 0 Å². The number of aliphatic hydroxyl groups is 1. The summed E-state index contributed by atoms with van der Waals surface area (Å²) in [4.78, 5) is 4.40. The highest BCUT2D eigenvalue weighted by Gasteiger charge is 2.43. The monoisotopic (exact) mass is 554 g/mol. The van der Waals surface area contributed by atoms with Crippen molar-refractivity contribution in [1.29, 1.82) is 0 Å². The molecule has 0 aromatic carbocycles. The first-order chi connectivity index (χ1) is 17.3. The number of unbranched alkanes of at least 4 members (excludes halogenated alkanes) is 3. The van der Waals surface area contributed by atoms with Crippen LogP contribution < -0.4 is 16.8 Å². The fourth-order valence-electron chi connectivity index (χ4n) is 4.87. The molecule has 6 N–H and O–H groups in total. The van der Waals surface area contributed by atoms with E-state index in [1.54, 1.807) is 6.08 Å². The van der Waals surface area contributed by atoms with E-state index < -0.39 is 49.0 Å². The summed E-state index contributed by atoms with van der Waals surface area (Å²) in [5.41, 5.74) is 12.2. The largest absolute Gasteiger partial charge is 0.403 e. The van der Waals surface area contributed by atoms with E-state index in [1.165, 1.54) is 11.8 Å². The van der Waals surface area contributed by atoms with Gasteiger partial charge in [-0.2, -0.15) is 26.3 Å². The van der Waals surface area contributed by atoms with Crippen LogP contribution in [0.5, 0.6) is 0 Å². The van der Waals surface area contributed by atoms with Crippen LogP contribution >= 0.6 is 11.8 Å². The van der Waals surface area contributed by atoms with Gasteiger partial charge in [0.05, 0.1) is 23.0 Å². The van der Waals surface area contributed by atoms with Gasteiger partial charge in [-0.05, 0) is 43.1 Å². The van der Waals surface area contributed by atoms with E-state index in [2.05, 4.69) is 23.3 Å². The van der Waals surface area contributed by atoms with Crippen LogP contribution in [-0.2, 0) is 0 Å². The van der Waals surface area contributed by atoms with Crippen LogP contribution in [0.2, 0.25) is 0 Å². The summed E-state index contributed by atoms with van der Waals surface area (Å²) < 4.78 is 79.7. The Morgan fingerprint density at radius 2 is 1.86 bits per heavy atom. The molecule has 37 heavy (non-hydrogen) atoms. The molecule has 0 aromatic heterocycles. The van der Waals surface area contributed by atoms with Crippen molar-refractivity contribution in [2.45, 2.75) is 100 Å². The zero-order valence-corrected chi connectivity index (χ0v) is 21.5. The fourth-order valence-corrected chi connectivity index (χ4v) is 6.04. The van der Waals surface area contributed by atoms with E-state index in [0.717, 1.165) is 38.2 Å². The van der Waals surface area contributed by atoms with Gasteiger partial charge in [0.2, 0.25) is 0 Å². The minimum Gasteiger partial charge on any atom is -0.388 e. The number of nitrogens with zero attached hydrogens (tertiary/aromatic N) is 1. The number of hydrogen-bond acceptors (Lipinski definition) is 6. The van der Waals surface area contributed by atoms with Crippen LogP contribution in [0.4, 0.5) is 26.3 Å². The van der Waals surface area contributed by atoms with Gasteiger partial charge in [0.15, 0.2) is 0 Å². The SMILES string of the molecule is CCCCCCC1C=CSC1C1=CC(C2=CC(C(F)(F)F)CCC2O)=NC(C(N)CC(N)C(F)(F)F)N1. The van der Waals surface area contributed by atoms with Gasteiger partial charge >= 0.3 is 12.4 Å². The predicted octanol–water partition coefficient (Wildman–Crippen LogP) is 5.32. The number of allylic oxidation sites excluding steroid dienone is 3. The molecular formula is C25H36F6N4OS. The molecule has 0 saturated heterocycles. The lowest BCUT2D eigenvalue weighted by molar-refractivity contribution is -0.165. The summed E-state index contributed by atoms with van der Waals surface area (Å²) in [5.74, 6) is -1.60. The summed E-state index contributed by atoms with van der Waals surface area (Å²) in [6, 6.07) is -3.32. The molecule has 3 aliphatic rings. The van der Waals surface area contributed by atoms with Gasteiger partial charge in [0, 0.05) is 17.3 Å². The molecule has 12 heteroatoms. The van der Waals surface area contributed by atoms with Crippen molar-refractivity contribution in [2.24, 2.45) is 28.3 Å². The van der Waals surface area contributed by atoms with E-state index >= 15 is 0 Å². The van der Waals surface area contributed by atoms with Crippen molar-refractivity contribution in [3.05, 3.63) is 34.9 Å². The quantitative estimate of drug-likeness (QED) is 0.217. The Bertz CT molecular complexity index is 901. The molecule has 2 aliphatic heterocycles. The highest BCUT2D eigenvalue weighted by atomic mass is 32.2. The Morgan fingerprint density at radius 1 is 1.14 bits per heavy atom. The molecule has 7 atom stereocenters. The number of alkyl halides is 6. The molecule has 0 radical (unpaired) electrons. The predicted molar refractivity (Wildman–Crippen MR) is 135 cm³/mol. The molecule has 0 spiro atoms. The lowest BCUT2D eigenvalue weighted by Crippen LogP contribution is -2.52. The molecule has 210 valence electrons. The first kappa shape index (κ1) is 30.0. The van der Waals surface area contributed by atoms with Crippen LogP contribution in [0, 0.1) is 11.8 Å². The number of aliphatic hydroxyl groups excluding tert-OH is 1. The maximum atomic E-state index is 13.5. The van der Waals surface area contributed by atoms with Crippen molar-refractivity contribution in [3.63, 3.8) is 0 Å². The van der Waals surface area contributed by atoms with Gasteiger partial charge in [0.1, 0.15) is 12.2 Å². The van der Waals surface area contributed by atoms with Gasteiger partial charge in [-0.1, -0.05) is 44.8 Å². The second kappa shape index (κ2) is 12.6. The van der Waals surface area contributed by atoms with Crippen molar-refractivity contribution in [1.82, 2.24) is 5.32 Å². The molecule has 0 amide bonds. The van der Waals surface area contributed by atoms with Gasteiger partial charge in [0.25, 0.3) is 0 Å². The minimum absolute atomic E-state index is 0.0281. The van der Waals surface area contributed by atoms with Gasteiger partial charge in [-0.15, -0.1) is 11.8 Å². The molecule has 5 nitrogen and oxygen atoms in total. The number of rotatable bonds is 10. The highest BCUT2D eigenvalue weighted by molar-refractivity contribution is 8.03. The summed E-state index contributed by atoms with van der Waals surface area (Å²) in [6.07, 6.45) is -2.39. The molecule has 2 heterocycles. The number of halogens is 6. The minimum atomic E-state index is -4.64. The normalized spacial score (nSPS) is 30.3. The van der Waals surface area contributed by atoms with Crippen LogP contribution in [0.15, 0.2) is 39.9 Å². The summed E-state index contributed by atoms with van der Waals surface area (Å²) >= 11 is 1.53. The lowest BCUT2D eigenvalue weighted by atomic mass is 9.84. The number of hydrogen-bond donors (Lipinski definition) is 4. The number of aliphatic imine (C=N–C) groups is 1. The first-order valence-electron chi connectivity index (χ1n) is 12.7. The van der Waals surface area contributed by atoms with Crippen LogP contribution in [0.1, 0.15) is 58.3 Å². The third kappa shape index (κ3) is 8.00. The molecule has 3 rings (SSSR count). The zero-order valence-electron chi connectivity index (χ0n) is 20.7. The molecule has 1 aliphatic carbocycles. The molecule has 0 bridgehead atoms. The Morgan fingerprint density at radius 3 is 2.51 bits per heavy atom. The average molecular weight is 555 g/mol. The number of nitrogens with one attached hydrogen (secondary N) is 1. The van der Waals surface area contributed by atoms with Crippen LogP contribution in [0.25, 0.3) is 0 Å². The van der Waals surface area contributed by atoms with E-state index in [1.807, 2.05) is 5.41 Å². The fraction of sp³-hybridized carbons (Fsp3) is 0.720. The topological polar surface area (TPSA) is 96.7 Å². The van der Waals surface area contributed by atoms with Gasteiger partial charge in [-0.3, -0.25) is 4.99 Å². The average Bonchev–Trinajstić information content (AvgIpc) is 3.29. The van der Waals surface area contributed by atoms with Crippen molar-refractivity contribution >= 4 is 17.5 Å². The Labute approximate surface area is 217 Å². The van der Waals surface area contributed by atoms with E-state index in [0.29, 0.717) is 5.70 Å². The first-order valence-corrected chi connectivity index (χ1v) is 13.7. The Balaban J connectivity index is 1.91. The molecule has 0 fully saturated rings. The Kier molecular flexibility index (Phi) is 10.2. The maximum absolute atomic E-state index is 13.5. The number of nitrogens with two attached hydrogens (primary N) is 2. The smallest absolute Gasteiger partial charge is 0.388 e. The second-order valence-corrected chi connectivity index (χ2v) is 11.1. The zero-order chi connectivity index (χ0) is 27.4. The Hall–Kier alpha value is -1.50. The maximum Gasteiger partial charge on any atom is 0.403 e. The van der Waals surface area contributed by atoms with Crippen LogP contribution in [-0.4, -0.2) is 52.8 Å². The molecule has 0 saturated carbocycles. The summed E-state index contributed by atoms with van der Waals surface area (Å²) in [5, 5.41) is 15.6. The number of thioether (sulfide) groups is 1. The van der Waals surface area contributed by atoms with E-state index in [-0.39, 0.29) is 35.3 Å². The molecular weight excluding hydrogens is 518 g/mol. The molecule has 7 unspecified atom stereocenters. The second-order valence-electron chi connectivity index (χ2n) is 10.0. The summed E-state index contributed by atoms with van der Waals surface area (Å²) in [6.45, 7) is 2.12. The van der Waals surface area contributed by atoms with E-state index in [9.17, 15) is 31.4 Å². The third-order valence-electron chi connectivity index (χ3n) is 7.08. The third-order valence-corrected chi connectivity index (χ3v) is 8.29. The summed E-state index contributed by atoms with van der Waals surface area (Å²) in [7, 11) is 0. The standard InChI is InChI=1S/C25H36F6N4OS/c1-2-3-4-5-6-14-9-10-37-22(14)19-13-18(16-11-15(24(26,27)28)7-8-20(16)36)34-23(35-19)17(32)12-21(33)25(29,30)31/h9-11,13-15,17,20-23,35-36H,2-8,12,32-33H2,1H3. The van der Waals surface area contributed by atoms with Crippen LogP contribution in [0.3, 0.4) is 0 Å². The van der Waals surface area contributed by atoms with Gasteiger partial charge < -0.3 is 21.9 Å².